The fourth-order valence-electron chi connectivity index (χ4n) is 6.77. The number of carbonyl (C=O) groups excluding carboxylic acids is 1. The summed E-state index contributed by atoms with van der Waals surface area (Å²) in [6.07, 6.45) is 6.14. The second kappa shape index (κ2) is 5.29. The van der Waals surface area contributed by atoms with Gasteiger partial charge in [0.2, 0.25) is 0 Å². The number of ether oxygens (including phenoxy) is 2. The van der Waals surface area contributed by atoms with Gasteiger partial charge in [-0.3, -0.25) is 4.79 Å². The van der Waals surface area contributed by atoms with Gasteiger partial charge in [-0.15, -0.1) is 0 Å². The molecule has 0 saturated heterocycles. The summed E-state index contributed by atoms with van der Waals surface area (Å²) >= 11 is 3.83. The van der Waals surface area contributed by atoms with Crippen LogP contribution in [0.15, 0.2) is 0 Å². The number of alkyl halides is 1. The van der Waals surface area contributed by atoms with E-state index in [-0.39, 0.29) is 16.8 Å². The summed E-state index contributed by atoms with van der Waals surface area (Å²) in [5.74, 6) is 3.03. The molecule has 0 spiro atoms. The van der Waals surface area contributed by atoms with Gasteiger partial charge in [0.15, 0.2) is 5.78 Å². The first-order chi connectivity index (χ1) is 10.6. The van der Waals surface area contributed by atoms with E-state index in [4.69, 9.17) is 9.47 Å². The molecule has 22 heavy (non-hydrogen) atoms. The van der Waals surface area contributed by atoms with Crippen LogP contribution in [-0.4, -0.2) is 37.0 Å². The molecule has 4 bridgehead atoms. The fraction of sp³-hybridized carbons (Fsp3) is 0.944. The molecule has 0 aliphatic heterocycles. The van der Waals surface area contributed by atoms with E-state index in [0.717, 1.165) is 19.3 Å². The summed E-state index contributed by atoms with van der Waals surface area (Å²) in [6.45, 7) is 2.31. The average molecular weight is 371 g/mol. The molecule has 0 aromatic heterocycles. The first-order valence-corrected chi connectivity index (χ1v) is 9.71. The van der Waals surface area contributed by atoms with Gasteiger partial charge in [-0.25, -0.2) is 0 Å². The SMILES string of the molecule is CCC12CC(OC)C(C1)C1CC(OC)C3CC1C2C(Br)C3=O. The highest BCUT2D eigenvalue weighted by Gasteiger charge is 2.66. The predicted molar refractivity (Wildman–Crippen MR) is 88.0 cm³/mol. The largest absolute Gasteiger partial charge is 0.381 e. The Morgan fingerprint density at radius 1 is 1.09 bits per heavy atom. The minimum Gasteiger partial charge on any atom is -0.381 e. The van der Waals surface area contributed by atoms with Crippen molar-refractivity contribution < 1.29 is 14.3 Å². The van der Waals surface area contributed by atoms with Crippen LogP contribution in [0, 0.1) is 35.0 Å². The number of fused-ring (bicyclic) bond motifs is 5. The highest BCUT2D eigenvalue weighted by atomic mass is 79.9. The molecule has 0 radical (unpaired) electrons. The predicted octanol–water partition coefficient (Wildman–Crippen LogP) is 3.44. The molecular weight excluding hydrogens is 344 g/mol. The summed E-state index contributed by atoms with van der Waals surface area (Å²) < 4.78 is 11.6. The average Bonchev–Trinajstić information content (AvgIpc) is 2.88. The smallest absolute Gasteiger partial charge is 0.152 e. The van der Waals surface area contributed by atoms with Gasteiger partial charge in [0, 0.05) is 20.1 Å². The van der Waals surface area contributed by atoms with E-state index in [9.17, 15) is 4.79 Å². The van der Waals surface area contributed by atoms with E-state index in [1.54, 1.807) is 7.11 Å². The van der Waals surface area contributed by atoms with Crippen molar-refractivity contribution in [1.82, 2.24) is 0 Å². The molecule has 0 heterocycles. The van der Waals surface area contributed by atoms with Crippen molar-refractivity contribution in [3.63, 3.8) is 0 Å². The molecule has 4 aliphatic rings. The standard InChI is InChI=1S/C18H27BrO3/c1-4-18-7-12(14(8-18)22-3)9-6-13(21-2)11-5-10(9)15(18)16(19)17(11)20/h9-16H,4-8H2,1-3H3. The zero-order valence-electron chi connectivity index (χ0n) is 13.8. The van der Waals surface area contributed by atoms with E-state index in [1.807, 2.05) is 7.11 Å². The number of halogens is 1. The fourth-order valence-corrected chi connectivity index (χ4v) is 8.07. The lowest BCUT2D eigenvalue weighted by molar-refractivity contribution is -0.154. The number of hydrogen-bond acceptors (Lipinski definition) is 3. The van der Waals surface area contributed by atoms with Crippen LogP contribution >= 0.6 is 15.9 Å². The normalized spacial score (nSPS) is 56.3. The Balaban J connectivity index is 1.79. The van der Waals surface area contributed by atoms with Gasteiger partial charge in [-0.1, -0.05) is 29.3 Å². The maximum absolute atomic E-state index is 12.9. The molecule has 0 amide bonds. The summed E-state index contributed by atoms with van der Waals surface area (Å²) in [5, 5.41) is 0. The molecule has 4 aliphatic carbocycles. The van der Waals surface area contributed by atoms with E-state index < -0.39 is 0 Å². The van der Waals surface area contributed by atoms with Crippen molar-refractivity contribution >= 4 is 21.7 Å². The third-order valence-electron chi connectivity index (χ3n) is 7.74. The lowest BCUT2D eigenvalue weighted by atomic mass is 9.48. The molecule has 4 fully saturated rings. The Labute approximate surface area is 141 Å². The molecule has 0 aromatic rings. The van der Waals surface area contributed by atoms with Crippen molar-refractivity contribution in [3.05, 3.63) is 0 Å². The zero-order chi connectivity index (χ0) is 15.6. The Bertz CT molecular complexity index is 481. The molecule has 9 atom stereocenters. The second-order valence-corrected chi connectivity index (χ2v) is 9.06. The van der Waals surface area contributed by atoms with E-state index in [1.165, 1.54) is 12.8 Å². The minimum absolute atomic E-state index is 0.0215. The molecule has 3 nitrogen and oxygen atoms in total. The Morgan fingerprint density at radius 3 is 2.45 bits per heavy atom. The van der Waals surface area contributed by atoms with Crippen molar-refractivity contribution in [3.8, 4) is 0 Å². The molecule has 0 aromatic carbocycles. The van der Waals surface area contributed by atoms with E-state index in [0.29, 0.717) is 41.0 Å². The van der Waals surface area contributed by atoms with Crippen LogP contribution < -0.4 is 0 Å². The molecule has 4 heteroatoms. The van der Waals surface area contributed by atoms with Crippen molar-refractivity contribution in [2.45, 2.75) is 56.1 Å². The summed E-state index contributed by atoms with van der Waals surface area (Å²) in [6, 6.07) is 0. The Morgan fingerprint density at radius 2 is 1.82 bits per heavy atom. The second-order valence-electron chi connectivity index (χ2n) is 8.07. The van der Waals surface area contributed by atoms with Crippen LogP contribution in [0.5, 0.6) is 0 Å². The topological polar surface area (TPSA) is 35.5 Å². The van der Waals surface area contributed by atoms with Crippen molar-refractivity contribution in [2.75, 3.05) is 14.2 Å². The zero-order valence-corrected chi connectivity index (χ0v) is 15.3. The van der Waals surface area contributed by atoms with Gasteiger partial charge < -0.3 is 9.47 Å². The van der Waals surface area contributed by atoms with Crippen LogP contribution in [0.3, 0.4) is 0 Å². The van der Waals surface area contributed by atoms with Gasteiger partial charge in [0.05, 0.1) is 17.0 Å². The first-order valence-electron chi connectivity index (χ1n) is 8.79. The van der Waals surface area contributed by atoms with Crippen LogP contribution in [0.25, 0.3) is 0 Å². The van der Waals surface area contributed by atoms with Crippen LogP contribution in [-0.2, 0) is 14.3 Å². The van der Waals surface area contributed by atoms with Crippen molar-refractivity contribution in [2.24, 2.45) is 35.0 Å². The Hall–Kier alpha value is 0.0700. The van der Waals surface area contributed by atoms with Crippen molar-refractivity contribution in [1.29, 1.82) is 0 Å². The lowest BCUT2D eigenvalue weighted by Crippen LogP contribution is -2.59. The quantitative estimate of drug-likeness (QED) is 0.713. The highest BCUT2D eigenvalue weighted by Crippen LogP contribution is 2.68. The van der Waals surface area contributed by atoms with Gasteiger partial charge >= 0.3 is 0 Å². The first kappa shape index (κ1) is 15.6. The van der Waals surface area contributed by atoms with Gasteiger partial charge in [0.1, 0.15) is 0 Å². The van der Waals surface area contributed by atoms with Crippen LogP contribution in [0.4, 0.5) is 0 Å². The molecule has 9 unspecified atom stereocenters. The molecule has 124 valence electrons. The van der Waals surface area contributed by atoms with E-state index in [2.05, 4.69) is 22.9 Å². The van der Waals surface area contributed by atoms with Gasteiger partial charge in [-0.2, -0.15) is 0 Å². The number of hydrogen-bond donors (Lipinski definition) is 0. The van der Waals surface area contributed by atoms with Gasteiger partial charge in [-0.05, 0) is 54.8 Å². The monoisotopic (exact) mass is 370 g/mol. The number of ketones is 1. The molecular formula is C18H27BrO3. The number of Topliss-reactive ketones (excluding diaryl/α,β-unsaturated/α-hetero) is 1. The third-order valence-corrected chi connectivity index (χ3v) is 8.76. The molecule has 0 N–H and O–H groups in total. The lowest BCUT2D eigenvalue weighted by Gasteiger charge is -2.58. The van der Waals surface area contributed by atoms with Gasteiger partial charge in [0.25, 0.3) is 0 Å². The van der Waals surface area contributed by atoms with E-state index >= 15 is 0 Å². The number of methoxy groups -OCH3 is 2. The maximum Gasteiger partial charge on any atom is 0.152 e. The minimum atomic E-state index is 0.0215. The van der Waals surface area contributed by atoms with Crippen LogP contribution in [0.1, 0.15) is 39.0 Å². The Kier molecular flexibility index (Phi) is 3.75. The van der Waals surface area contributed by atoms with Crippen LogP contribution in [0.2, 0.25) is 0 Å². The number of carbonyl (C=O) groups is 1. The number of rotatable bonds is 3. The summed E-state index contributed by atoms with van der Waals surface area (Å²) in [7, 11) is 3.64. The third kappa shape index (κ3) is 1.83. The maximum atomic E-state index is 12.9. The summed E-state index contributed by atoms with van der Waals surface area (Å²) in [5.41, 5.74) is 0.307. The summed E-state index contributed by atoms with van der Waals surface area (Å²) in [4.78, 5) is 13.0. The highest BCUT2D eigenvalue weighted by molar-refractivity contribution is 9.10. The molecule has 4 saturated carbocycles. The molecule has 4 rings (SSSR count).